The van der Waals surface area contributed by atoms with Crippen molar-refractivity contribution in [2.45, 2.75) is 55.4 Å². The number of halogens is 2. The molecule has 74 heavy (non-hydrogen) atoms. The van der Waals surface area contributed by atoms with E-state index < -0.39 is 11.0 Å². The van der Waals surface area contributed by atoms with Gasteiger partial charge in [0, 0.05) is 0 Å². The minimum absolute atomic E-state index is 0. The van der Waals surface area contributed by atoms with Crippen LogP contribution in [0.3, 0.4) is 0 Å². The van der Waals surface area contributed by atoms with Gasteiger partial charge in [-0.3, -0.25) is 0 Å². The van der Waals surface area contributed by atoms with Crippen molar-refractivity contribution in [2.75, 3.05) is 0 Å². The molecule has 12 aromatic rings. The van der Waals surface area contributed by atoms with E-state index in [4.69, 9.17) is 0 Å². The monoisotopic (exact) mass is 1370 g/mol. The van der Waals surface area contributed by atoms with Gasteiger partial charge in [0.2, 0.25) is 0 Å². The first kappa shape index (κ1) is 59.8. The first-order valence-corrected chi connectivity index (χ1v) is 38.5. The van der Waals surface area contributed by atoms with Crippen molar-refractivity contribution in [1.29, 1.82) is 0 Å². The van der Waals surface area contributed by atoms with Gasteiger partial charge in [-0.05, 0) is 27.7 Å². The molecule has 0 saturated carbocycles. The zero-order valence-electron chi connectivity index (χ0n) is 43.8. The molecule has 0 spiro atoms. The molecule has 0 radical (unpaired) electrons. The van der Waals surface area contributed by atoms with Crippen LogP contribution in [0.2, 0.25) is 0 Å². The Hall–Kier alpha value is -5.05. The van der Waals surface area contributed by atoms with Crippen LogP contribution in [-0.4, -0.2) is 11.0 Å². The van der Waals surface area contributed by atoms with Crippen LogP contribution in [0.15, 0.2) is 243 Å². The van der Waals surface area contributed by atoms with E-state index in [1.165, 1.54) is 154 Å². The Morgan fingerprint density at radius 2 is 0.446 bits per heavy atom. The quantitative estimate of drug-likeness (QED) is 0.122. The maximum atomic E-state index is 2.26. The van der Waals surface area contributed by atoms with Gasteiger partial charge in [-0.1, -0.05) is 74.2 Å². The molecule has 0 aliphatic heterocycles. The Bertz CT molecular complexity index is 3160. The van der Waals surface area contributed by atoms with Crippen LogP contribution in [0.5, 0.6) is 0 Å². The first-order valence-electron chi connectivity index (χ1n) is 24.7. The van der Waals surface area contributed by atoms with Crippen molar-refractivity contribution < 1.29 is 70.8 Å². The molecular weight excluding hydrogens is 1300 g/mol. The van der Waals surface area contributed by atoms with E-state index in [1.54, 1.807) is 0 Å². The van der Waals surface area contributed by atoms with Gasteiger partial charge in [-0.25, -0.2) is 0 Å². The van der Waals surface area contributed by atoms with Crippen molar-refractivity contribution in [1.82, 2.24) is 0 Å². The molecule has 0 aromatic heterocycles. The molecule has 12 aromatic carbocycles. The standard InChI is InChI=1S/2C12H10Si.4C11H11.2ClH.2Hf/c2*1-3-7-11(8-4-1)13-12-9-5-2-6-10-12;4*1-8-6-10-5-3-4-9(2)11(10)7-8;;;;/h2*1-10H;4*3-7H,1-2H3;2*1H;;/q;;4*-1;;;2*+2/p-2. The summed E-state index contributed by atoms with van der Waals surface area (Å²) in [7, 11) is 0. The van der Waals surface area contributed by atoms with Gasteiger partial charge < -0.3 is 24.8 Å². The third-order valence-electron chi connectivity index (χ3n) is 12.7. The summed E-state index contributed by atoms with van der Waals surface area (Å²) >= 11 is 2.53. The molecular formula is C68H64Cl2Hf2Si2-2. The van der Waals surface area contributed by atoms with Gasteiger partial charge >= 0.3 is 199 Å². The third kappa shape index (κ3) is 17.0. The summed E-state index contributed by atoms with van der Waals surface area (Å²) in [5.41, 5.74) is 10.1. The SMILES string of the molecule is Cc1cc2c(C)cccc2[cH-]1.Cc1cc2c(C)cccc2[cH-]1.Cc1cc2c(C)cccc2[cH-]1.Cc1cc2c(C)cccc2[cH-]1.[Cl-].[Cl-].[Hf+2]=[Si](c1ccccc1)c1ccccc1.[Hf+2]=[Si](c1ccccc1)c1ccccc1. The van der Waals surface area contributed by atoms with Gasteiger partial charge in [0.25, 0.3) is 0 Å². The number of benzene rings is 8. The Morgan fingerprint density at radius 3 is 0.622 bits per heavy atom. The molecule has 368 valence electrons. The van der Waals surface area contributed by atoms with E-state index in [9.17, 15) is 0 Å². The average molecular weight is 1370 g/mol. The van der Waals surface area contributed by atoms with Gasteiger partial charge in [0.15, 0.2) is 0 Å². The number of fused-ring (bicyclic) bond motifs is 4. The van der Waals surface area contributed by atoms with E-state index in [-0.39, 0.29) is 24.8 Å². The average Bonchev–Trinajstić information content (AvgIpc) is 4.20. The van der Waals surface area contributed by atoms with Crippen molar-refractivity contribution in [2.24, 2.45) is 0 Å². The van der Waals surface area contributed by atoms with E-state index in [1.807, 2.05) is 0 Å². The maximum absolute atomic E-state index is 2.26. The van der Waals surface area contributed by atoms with Crippen LogP contribution >= 0.6 is 0 Å². The van der Waals surface area contributed by atoms with Crippen LogP contribution in [0.25, 0.3) is 43.1 Å². The number of rotatable bonds is 4. The fourth-order valence-electron chi connectivity index (χ4n) is 8.92. The van der Waals surface area contributed by atoms with Crippen LogP contribution in [0.4, 0.5) is 0 Å². The minimum atomic E-state index is -0.406. The molecule has 0 fully saturated rings. The second-order valence-corrected chi connectivity index (χ2v) is 33.2. The number of aryl methyl sites for hydroxylation is 8. The molecule has 0 atom stereocenters. The number of hydrogen-bond acceptors (Lipinski definition) is 0. The Balaban J connectivity index is 0.000000164. The Kier molecular flexibility index (Phi) is 24.2. The van der Waals surface area contributed by atoms with Gasteiger partial charge in [-0.15, -0.1) is 138 Å². The van der Waals surface area contributed by atoms with E-state index in [0.717, 1.165) is 0 Å². The summed E-state index contributed by atoms with van der Waals surface area (Å²) in [5, 5.41) is 17.2. The summed E-state index contributed by atoms with van der Waals surface area (Å²) < 4.78 is 0. The second kappa shape index (κ2) is 29.9. The van der Waals surface area contributed by atoms with Gasteiger partial charge in [-0.2, -0.15) is 24.3 Å². The number of hydrogen-bond donors (Lipinski definition) is 0. The summed E-state index contributed by atoms with van der Waals surface area (Å²) in [6.07, 6.45) is 0. The normalized spacial score (nSPS) is 10.1. The molecule has 6 heteroatoms. The zero-order chi connectivity index (χ0) is 51.0. The predicted molar refractivity (Wildman–Crippen MR) is 312 cm³/mol. The van der Waals surface area contributed by atoms with E-state index >= 15 is 0 Å². The van der Waals surface area contributed by atoms with Crippen LogP contribution in [-0.2, 0) is 46.0 Å². The van der Waals surface area contributed by atoms with Gasteiger partial charge in [0.05, 0.1) is 0 Å². The van der Waals surface area contributed by atoms with E-state index in [2.05, 4.69) is 298 Å². The first-order chi connectivity index (χ1) is 34.8. The molecule has 12 rings (SSSR count). The van der Waals surface area contributed by atoms with Crippen LogP contribution in [0, 0.1) is 55.4 Å². The fraction of sp³-hybridized carbons (Fsp3) is 0.118. The third-order valence-corrected chi connectivity index (χ3v) is 28.8. The topological polar surface area (TPSA) is 0 Å². The summed E-state index contributed by atoms with van der Waals surface area (Å²) in [4.78, 5) is 0. The predicted octanol–water partition coefficient (Wildman–Crippen LogP) is 9.39. The summed E-state index contributed by atoms with van der Waals surface area (Å²) in [6.45, 7) is 17.2. The van der Waals surface area contributed by atoms with Crippen LogP contribution < -0.4 is 45.6 Å². The zero-order valence-corrected chi connectivity index (χ0v) is 54.5. The molecule has 0 N–H and O–H groups in total. The fourth-order valence-corrected chi connectivity index (χ4v) is 18.9. The Labute approximate surface area is 483 Å². The molecule has 0 aliphatic rings. The Morgan fingerprint density at radius 1 is 0.257 bits per heavy atom. The van der Waals surface area contributed by atoms with Crippen LogP contribution in [0.1, 0.15) is 44.5 Å². The molecule has 0 amide bonds. The van der Waals surface area contributed by atoms with Crippen molar-refractivity contribution in [3.8, 4) is 0 Å². The van der Waals surface area contributed by atoms with E-state index in [0.29, 0.717) is 0 Å². The molecule has 0 aliphatic carbocycles. The summed E-state index contributed by atoms with van der Waals surface area (Å²) in [6, 6.07) is 87.1. The summed E-state index contributed by atoms with van der Waals surface area (Å²) in [5.74, 6) is 0. The molecule has 0 nitrogen and oxygen atoms in total. The second-order valence-electron chi connectivity index (χ2n) is 18.7. The van der Waals surface area contributed by atoms with Gasteiger partial charge in [0.1, 0.15) is 0 Å². The van der Waals surface area contributed by atoms with Crippen molar-refractivity contribution in [3.63, 3.8) is 0 Å². The van der Waals surface area contributed by atoms with Crippen molar-refractivity contribution >= 4 is 74.8 Å². The van der Waals surface area contributed by atoms with Crippen molar-refractivity contribution in [3.05, 3.63) is 287 Å². The molecule has 0 unspecified atom stereocenters. The molecule has 0 heterocycles. The molecule has 0 bridgehead atoms. The molecule has 0 saturated heterocycles.